The van der Waals surface area contributed by atoms with Gasteiger partial charge < -0.3 is 14.8 Å². The minimum Gasteiger partial charge on any atom is -0.496 e. The Morgan fingerprint density at radius 1 is 1.26 bits per heavy atom. The molecule has 1 heterocycles. The lowest BCUT2D eigenvalue weighted by atomic mass is 10.1. The Kier molecular flexibility index (Phi) is 6.36. The minimum absolute atomic E-state index is 0.0624. The Bertz CT molecular complexity index is 915. The topological polar surface area (TPSA) is 72.3 Å². The van der Waals surface area contributed by atoms with E-state index >= 15 is 0 Å². The summed E-state index contributed by atoms with van der Waals surface area (Å²) in [6.07, 6.45) is 1.61. The summed E-state index contributed by atoms with van der Waals surface area (Å²) in [5, 5.41) is 11.7. The van der Waals surface area contributed by atoms with Crippen LogP contribution >= 0.6 is 23.4 Å². The van der Waals surface area contributed by atoms with Crippen LogP contribution in [0.25, 0.3) is 0 Å². The van der Waals surface area contributed by atoms with Crippen molar-refractivity contribution >= 4 is 40.7 Å². The Hall–Kier alpha value is -2.51. The fraction of sp³-hybridized carbons (Fsp3) is 0.211. The van der Waals surface area contributed by atoms with E-state index in [0.29, 0.717) is 34.0 Å². The highest BCUT2D eigenvalue weighted by Crippen LogP contribution is 2.28. The summed E-state index contributed by atoms with van der Waals surface area (Å²) in [6.45, 7) is 2.27. The third kappa shape index (κ3) is 5.24. The number of aryl methyl sites for hydroxylation is 1. The maximum atomic E-state index is 11.1. The molecule has 0 bridgehead atoms. The number of rotatable bonds is 6. The van der Waals surface area contributed by atoms with E-state index in [2.05, 4.69) is 15.5 Å². The number of ether oxygens (including phenoxy) is 2. The lowest BCUT2D eigenvalue weighted by molar-refractivity contribution is -0.116. The van der Waals surface area contributed by atoms with Crippen LogP contribution in [0.4, 0.5) is 0 Å². The second-order valence-electron chi connectivity index (χ2n) is 5.78. The predicted molar refractivity (Wildman–Crippen MR) is 109 cm³/mol. The SMILES string of the molecule is COc1ccc(C=NN=C2NC(=O)CS2)cc1COc1ccc(C)cc1Cl. The van der Waals surface area contributed by atoms with Gasteiger partial charge in [0.15, 0.2) is 5.17 Å². The molecular weight excluding hydrogens is 386 g/mol. The van der Waals surface area contributed by atoms with Crippen molar-refractivity contribution in [1.82, 2.24) is 5.32 Å². The van der Waals surface area contributed by atoms with E-state index in [9.17, 15) is 4.79 Å². The second kappa shape index (κ2) is 8.92. The molecule has 6 nitrogen and oxygen atoms in total. The number of halogens is 1. The van der Waals surface area contributed by atoms with E-state index in [-0.39, 0.29) is 5.91 Å². The molecule has 0 aliphatic carbocycles. The monoisotopic (exact) mass is 403 g/mol. The average Bonchev–Trinajstić information content (AvgIpc) is 3.06. The van der Waals surface area contributed by atoms with Crippen LogP contribution in [-0.2, 0) is 11.4 Å². The van der Waals surface area contributed by atoms with Crippen molar-refractivity contribution in [2.75, 3.05) is 12.9 Å². The minimum atomic E-state index is -0.0624. The number of carbonyl (C=O) groups is 1. The molecule has 3 rings (SSSR count). The fourth-order valence-corrected chi connectivity index (χ4v) is 3.32. The zero-order valence-electron chi connectivity index (χ0n) is 14.9. The van der Waals surface area contributed by atoms with E-state index in [0.717, 1.165) is 16.7 Å². The summed E-state index contributed by atoms with van der Waals surface area (Å²) in [7, 11) is 1.61. The molecule has 0 aromatic heterocycles. The molecule has 2 aromatic carbocycles. The number of nitrogens with one attached hydrogen (secondary N) is 1. The van der Waals surface area contributed by atoms with Gasteiger partial charge in [0.1, 0.15) is 18.1 Å². The standard InChI is InChI=1S/C19H18ClN3O3S/c1-12-3-5-17(15(20)7-12)26-10-14-8-13(4-6-16(14)25-2)9-21-23-19-22-18(24)11-27-19/h3-9H,10-11H2,1-2H3,(H,22,23,24). The summed E-state index contributed by atoms with van der Waals surface area (Å²) < 4.78 is 11.2. The molecule has 1 aliphatic rings. The predicted octanol–water partition coefficient (Wildman–Crippen LogP) is 3.79. The Morgan fingerprint density at radius 3 is 2.78 bits per heavy atom. The highest BCUT2D eigenvalue weighted by molar-refractivity contribution is 8.15. The fourth-order valence-electron chi connectivity index (χ4n) is 2.40. The number of amides is 1. The zero-order valence-corrected chi connectivity index (χ0v) is 16.4. The number of hydrogen-bond donors (Lipinski definition) is 1. The Labute approximate surface area is 166 Å². The molecular formula is C19H18ClN3O3S. The van der Waals surface area contributed by atoms with E-state index in [1.165, 1.54) is 11.8 Å². The van der Waals surface area contributed by atoms with E-state index in [4.69, 9.17) is 21.1 Å². The third-order valence-corrected chi connectivity index (χ3v) is 4.88. The second-order valence-corrected chi connectivity index (χ2v) is 7.15. The van der Waals surface area contributed by atoms with E-state index in [1.54, 1.807) is 13.3 Å². The maximum Gasteiger partial charge on any atom is 0.236 e. The molecule has 1 amide bonds. The number of thioether (sulfide) groups is 1. The van der Waals surface area contributed by atoms with Gasteiger partial charge in [0, 0.05) is 5.56 Å². The Balaban J connectivity index is 1.72. The molecule has 0 spiro atoms. The molecule has 0 unspecified atom stereocenters. The van der Waals surface area contributed by atoms with Crippen molar-refractivity contribution in [1.29, 1.82) is 0 Å². The van der Waals surface area contributed by atoms with E-state index in [1.807, 2.05) is 43.3 Å². The van der Waals surface area contributed by atoms with Crippen molar-refractivity contribution in [3.8, 4) is 11.5 Å². The summed E-state index contributed by atoms with van der Waals surface area (Å²) in [4.78, 5) is 11.1. The largest absolute Gasteiger partial charge is 0.496 e. The lowest BCUT2D eigenvalue weighted by Crippen LogP contribution is -2.19. The van der Waals surface area contributed by atoms with Crippen LogP contribution in [0.15, 0.2) is 46.6 Å². The summed E-state index contributed by atoms with van der Waals surface area (Å²) >= 11 is 7.54. The lowest BCUT2D eigenvalue weighted by Gasteiger charge is -2.12. The molecule has 27 heavy (non-hydrogen) atoms. The number of carbonyl (C=O) groups excluding carboxylic acids is 1. The molecule has 140 valence electrons. The molecule has 8 heteroatoms. The number of amidine groups is 1. The highest BCUT2D eigenvalue weighted by Gasteiger charge is 2.16. The van der Waals surface area contributed by atoms with Crippen LogP contribution < -0.4 is 14.8 Å². The highest BCUT2D eigenvalue weighted by atomic mass is 35.5. The van der Waals surface area contributed by atoms with Crippen molar-refractivity contribution < 1.29 is 14.3 Å². The first-order valence-electron chi connectivity index (χ1n) is 8.14. The average molecular weight is 404 g/mol. The summed E-state index contributed by atoms with van der Waals surface area (Å²) in [5.74, 6) is 1.64. The summed E-state index contributed by atoms with van der Waals surface area (Å²) in [6, 6.07) is 11.3. The van der Waals surface area contributed by atoms with E-state index < -0.39 is 0 Å². The van der Waals surface area contributed by atoms with Crippen LogP contribution in [-0.4, -0.2) is 30.2 Å². The number of hydrogen-bond acceptors (Lipinski definition) is 6. The van der Waals surface area contributed by atoms with Crippen LogP contribution in [0.2, 0.25) is 5.02 Å². The number of methoxy groups -OCH3 is 1. The van der Waals surface area contributed by atoms with Gasteiger partial charge in [-0.2, -0.15) is 5.10 Å². The molecule has 1 N–H and O–H groups in total. The molecule has 1 aliphatic heterocycles. The normalized spacial score (nSPS) is 15.4. The molecule has 1 fully saturated rings. The van der Waals surface area contributed by atoms with Gasteiger partial charge in [-0.25, -0.2) is 0 Å². The van der Waals surface area contributed by atoms with Crippen molar-refractivity contribution in [2.45, 2.75) is 13.5 Å². The van der Waals surface area contributed by atoms with Crippen LogP contribution in [0.3, 0.4) is 0 Å². The Morgan fingerprint density at radius 2 is 2.07 bits per heavy atom. The number of benzene rings is 2. The first-order valence-corrected chi connectivity index (χ1v) is 9.51. The molecule has 0 radical (unpaired) electrons. The van der Waals surface area contributed by atoms with Crippen molar-refractivity contribution in [3.05, 3.63) is 58.1 Å². The van der Waals surface area contributed by atoms with Gasteiger partial charge in [0.2, 0.25) is 5.91 Å². The molecule has 1 saturated heterocycles. The van der Waals surface area contributed by atoms with Gasteiger partial charge in [0.05, 0.1) is 24.1 Å². The smallest absolute Gasteiger partial charge is 0.236 e. The molecule has 0 saturated carbocycles. The van der Waals surface area contributed by atoms with Crippen molar-refractivity contribution in [3.63, 3.8) is 0 Å². The van der Waals surface area contributed by atoms with Crippen LogP contribution in [0, 0.1) is 6.92 Å². The first kappa shape index (κ1) is 19.3. The van der Waals surface area contributed by atoms with Gasteiger partial charge >= 0.3 is 0 Å². The molecule has 2 aromatic rings. The zero-order chi connectivity index (χ0) is 19.2. The van der Waals surface area contributed by atoms with Crippen molar-refractivity contribution in [2.24, 2.45) is 10.2 Å². The maximum absolute atomic E-state index is 11.1. The van der Waals surface area contributed by atoms with Gasteiger partial charge in [-0.05, 0) is 48.4 Å². The van der Waals surface area contributed by atoms with Gasteiger partial charge in [-0.3, -0.25) is 4.79 Å². The third-order valence-electron chi connectivity index (χ3n) is 3.72. The molecule has 0 atom stereocenters. The quantitative estimate of drug-likeness (QED) is 0.588. The first-order chi connectivity index (χ1) is 13.0. The van der Waals surface area contributed by atoms with Gasteiger partial charge in [-0.1, -0.05) is 29.4 Å². The summed E-state index contributed by atoms with van der Waals surface area (Å²) in [5.41, 5.74) is 2.76. The van der Waals surface area contributed by atoms with Gasteiger partial charge in [-0.15, -0.1) is 5.10 Å². The van der Waals surface area contributed by atoms with Crippen LogP contribution in [0.5, 0.6) is 11.5 Å². The van der Waals surface area contributed by atoms with Gasteiger partial charge in [0.25, 0.3) is 0 Å². The van der Waals surface area contributed by atoms with Crippen LogP contribution in [0.1, 0.15) is 16.7 Å². The number of nitrogens with zero attached hydrogens (tertiary/aromatic N) is 2.